The van der Waals surface area contributed by atoms with E-state index >= 15 is 0 Å². The molecule has 1 aliphatic rings. The summed E-state index contributed by atoms with van der Waals surface area (Å²) in [7, 11) is 0. The zero-order valence-corrected chi connectivity index (χ0v) is 15.7. The van der Waals surface area contributed by atoms with Crippen LogP contribution in [-0.2, 0) is 0 Å². The standard InChI is InChI=1S/C17H13ClN2OS3/c18-12-5-6-13-14(9-12)24-17(19-13)20-15(21)10-1-3-11(4-2-10)16-22-7-8-23-16/h1-6,9,16H,7-8H2,(H,19,20,21). The molecule has 0 atom stereocenters. The SMILES string of the molecule is O=C(Nc1nc2ccc(Cl)cc2s1)c1ccc(C2SCCS2)cc1. The number of hydrogen-bond acceptors (Lipinski definition) is 5. The number of aromatic nitrogens is 1. The minimum Gasteiger partial charge on any atom is -0.298 e. The number of nitrogens with one attached hydrogen (secondary N) is 1. The van der Waals surface area contributed by atoms with Crippen LogP contribution < -0.4 is 5.32 Å². The van der Waals surface area contributed by atoms with E-state index in [9.17, 15) is 4.79 Å². The minimum absolute atomic E-state index is 0.140. The number of carbonyl (C=O) groups is 1. The number of amides is 1. The molecule has 0 spiro atoms. The van der Waals surface area contributed by atoms with E-state index < -0.39 is 0 Å². The molecule has 0 bridgehead atoms. The van der Waals surface area contributed by atoms with Crippen molar-refractivity contribution in [3.05, 3.63) is 58.6 Å². The highest BCUT2D eigenvalue weighted by Crippen LogP contribution is 2.45. The Kier molecular flexibility index (Phi) is 4.72. The molecule has 7 heteroatoms. The summed E-state index contributed by atoms with van der Waals surface area (Å²) in [4.78, 5) is 16.8. The van der Waals surface area contributed by atoms with E-state index in [0.29, 0.717) is 20.3 Å². The molecule has 122 valence electrons. The lowest BCUT2D eigenvalue weighted by Gasteiger charge is -2.09. The van der Waals surface area contributed by atoms with Crippen LogP contribution in [0.25, 0.3) is 10.2 Å². The third kappa shape index (κ3) is 3.42. The van der Waals surface area contributed by atoms with Crippen molar-refractivity contribution in [3.63, 3.8) is 0 Å². The van der Waals surface area contributed by atoms with E-state index in [0.717, 1.165) is 10.2 Å². The first kappa shape index (κ1) is 16.3. The number of thiazole rings is 1. The van der Waals surface area contributed by atoms with Gasteiger partial charge in [0.2, 0.25) is 0 Å². The van der Waals surface area contributed by atoms with E-state index in [1.807, 2.05) is 59.9 Å². The number of thioether (sulfide) groups is 2. The summed E-state index contributed by atoms with van der Waals surface area (Å²) in [6, 6.07) is 13.4. The second kappa shape index (κ2) is 6.96. The summed E-state index contributed by atoms with van der Waals surface area (Å²) in [5, 5.41) is 4.13. The predicted octanol–water partition coefficient (Wildman–Crippen LogP) is 5.68. The van der Waals surface area contributed by atoms with Crippen molar-refractivity contribution in [2.45, 2.75) is 4.58 Å². The number of carbonyl (C=O) groups excluding carboxylic acids is 1. The molecular formula is C17H13ClN2OS3. The molecule has 1 saturated heterocycles. The molecule has 4 rings (SSSR count). The smallest absolute Gasteiger partial charge is 0.257 e. The van der Waals surface area contributed by atoms with Crippen molar-refractivity contribution < 1.29 is 4.79 Å². The van der Waals surface area contributed by atoms with Gasteiger partial charge in [-0.25, -0.2) is 4.98 Å². The van der Waals surface area contributed by atoms with E-state index in [1.54, 1.807) is 6.07 Å². The van der Waals surface area contributed by atoms with Crippen molar-refractivity contribution in [1.82, 2.24) is 4.98 Å². The van der Waals surface area contributed by atoms with Crippen LogP contribution in [0.5, 0.6) is 0 Å². The Morgan fingerprint density at radius 3 is 2.62 bits per heavy atom. The molecular weight excluding hydrogens is 380 g/mol. The van der Waals surface area contributed by atoms with Gasteiger partial charge in [0.15, 0.2) is 5.13 Å². The first-order chi connectivity index (χ1) is 11.7. The van der Waals surface area contributed by atoms with Crippen LogP contribution in [0.15, 0.2) is 42.5 Å². The van der Waals surface area contributed by atoms with Crippen LogP contribution in [0.2, 0.25) is 5.02 Å². The summed E-state index contributed by atoms with van der Waals surface area (Å²) < 4.78 is 1.46. The average Bonchev–Trinajstić information content (AvgIpc) is 3.23. The lowest BCUT2D eigenvalue weighted by atomic mass is 10.1. The fourth-order valence-electron chi connectivity index (χ4n) is 2.46. The molecule has 1 aliphatic heterocycles. The third-order valence-electron chi connectivity index (χ3n) is 3.64. The van der Waals surface area contributed by atoms with Gasteiger partial charge in [0.05, 0.1) is 14.8 Å². The highest BCUT2D eigenvalue weighted by atomic mass is 35.5. The first-order valence-corrected chi connectivity index (χ1v) is 10.7. The van der Waals surface area contributed by atoms with Crippen molar-refractivity contribution >= 4 is 67.7 Å². The molecule has 0 unspecified atom stereocenters. The Hall–Kier alpha value is -1.21. The van der Waals surface area contributed by atoms with Crippen molar-refractivity contribution in [2.75, 3.05) is 16.8 Å². The van der Waals surface area contributed by atoms with Gasteiger partial charge < -0.3 is 0 Å². The fourth-order valence-corrected chi connectivity index (χ4v) is 6.46. The van der Waals surface area contributed by atoms with E-state index in [2.05, 4.69) is 10.3 Å². The van der Waals surface area contributed by atoms with Crippen LogP contribution in [0, 0.1) is 0 Å². The number of benzene rings is 2. The predicted molar refractivity (Wildman–Crippen MR) is 107 cm³/mol. The summed E-state index contributed by atoms with van der Waals surface area (Å²) in [5.74, 6) is 2.25. The maximum absolute atomic E-state index is 12.4. The zero-order valence-electron chi connectivity index (χ0n) is 12.5. The fraction of sp³-hybridized carbons (Fsp3) is 0.176. The molecule has 1 fully saturated rings. The van der Waals surface area contributed by atoms with Gasteiger partial charge in [0.1, 0.15) is 0 Å². The molecule has 1 N–H and O–H groups in total. The Labute approximate surface area is 157 Å². The molecule has 0 saturated carbocycles. The summed E-state index contributed by atoms with van der Waals surface area (Å²) in [6.45, 7) is 0. The van der Waals surface area contributed by atoms with Gasteiger partial charge in [-0.15, -0.1) is 23.5 Å². The molecule has 3 aromatic rings. The lowest BCUT2D eigenvalue weighted by molar-refractivity contribution is 0.102. The minimum atomic E-state index is -0.140. The Morgan fingerprint density at radius 2 is 1.88 bits per heavy atom. The number of rotatable bonds is 3. The van der Waals surface area contributed by atoms with Gasteiger partial charge in [-0.2, -0.15) is 0 Å². The van der Waals surface area contributed by atoms with Crippen molar-refractivity contribution in [1.29, 1.82) is 0 Å². The topological polar surface area (TPSA) is 42.0 Å². The number of halogens is 1. The average molecular weight is 393 g/mol. The second-order valence-corrected chi connectivity index (χ2v) is 9.47. The van der Waals surface area contributed by atoms with E-state index in [-0.39, 0.29) is 5.91 Å². The summed E-state index contributed by atoms with van der Waals surface area (Å²) in [5.41, 5.74) is 2.75. The van der Waals surface area contributed by atoms with Crippen LogP contribution in [0.1, 0.15) is 20.5 Å². The largest absolute Gasteiger partial charge is 0.298 e. The maximum atomic E-state index is 12.4. The normalized spacial score (nSPS) is 15.0. The zero-order chi connectivity index (χ0) is 16.5. The van der Waals surface area contributed by atoms with Crippen LogP contribution in [-0.4, -0.2) is 22.4 Å². The van der Waals surface area contributed by atoms with Gasteiger partial charge in [-0.3, -0.25) is 10.1 Å². The second-order valence-electron chi connectivity index (χ2n) is 5.28. The van der Waals surface area contributed by atoms with Gasteiger partial charge in [-0.1, -0.05) is 35.1 Å². The number of hydrogen-bond donors (Lipinski definition) is 1. The Morgan fingerprint density at radius 1 is 1.12 bits per heavy atom. The van der Waals surface area contributed by atoms with E-state index in [4.69, 9.17) is 11.6 Å². The van der Waals surface area contributed by atoms with Crippen LogP contribution in [0.4, 0.5) is 5.13 Å². The number of fused-ring (bicyclic) bond motifs is 1. The highest BCUT2D eigenvalue weighted by Gasteiger charge is 2.18. The molecule has 1 aromatic heterocycles. The maximum Gasteiger partial charge on any atom is 0.257 e. The van der Waals surface area contributed by atoms with Gasteiger partial charge >= 0.3 is 0 Å². The van der Waals surface area contributed by atoms with Crippen molar-refractivity contribution in [2.24, 2.45) is 0 Å². The summed E-state index contributed by atoms with van der Waals surface area (Å²) in [6.07, 6.45) is 0. The third-order valence-corrected chi connectivity index (χ3v) is 7.91. The monoisotopic (exact) mass is 392 g/mol. The van der Waals surface area contributed by atoms with Gasteiger partial charge in [0, 0.05) is 22.1 Å². The van der Waals surface area contributed by atoms with Gasteiger partial charge in [0.25, 0.3) is 5.91 Å². The molecule has 1 amide bonds. The first-order valence-electron chi connectivity index (χ1n) is 7.40. The molecule has 0 radical (unpaired) electrons. The Balaban J connectivity index is 1.50. The summed E-state index contributed by atoms with van der Waals surface area (Å²) >= 11 is 11.3. The van der Waals surface area contributed by atoms with Crippen molar-refractivity contribution in [3.8, 4) is 0 Å². The molecule has 24 heavy (non-hydrogen) atoms. The highest BCUT2D eigenvalue weighted by molar-refractivity contribution is 8.19. The quantitative estimate of drug-likeness (QED) is 0.622. The molecule has 3 nitrogen and oxygen atoms in total. The number of anilines is 1. The molecule has 0 aliphatic carbocycles. The molecule has 2 heterocycles. The van der Waals surface area contributed by atoms with Crippen LogP contribution >= 0.6 is 46.5 Å². The van der Waals surface area contributed by atoms with E-state index in [1.165, 1.54) is 28.4 Å². The molecule has 2 aromatic carbocycles. The van der Waals surface area contributed by atoms with Gasteiger partial charge in [-0.05, 0) is 35.9 Å². The number of nitrogens with zero attached hydrogens (tertiary/aromatic N) is 1. The Bertz CT molecular complexity index is 888. The van der Waals surface area contributed by atoms with Crippen LogP contribution in [0.3, 0.4) is 0 Å². The lowest BCUT2D eigenvalue weighted by Crippen LogP contribution is -2.11.